The van der Waals surface area contributed by atoms with Gasteiger partial charge in [-0.05, 0) is 75.5 Å². The van der Waals surface area contributed by atoms with Crippen LogP contribution in [-0.4, -0.2) is 0 Å². The molecule has 0 bridgehead atoms. The van der Waals surface area contributed by atoms with Crippen LogP contribution in [0.15, 0.2) is 192 Å². The average molecular weight is 614 g/mol. The Morgan fingerprint density at radius 2 is 1.00 bits per heavy atom. The number of benzene rings is 8. The van der Waals surface area contributed by atoms with Gasteiger partial charge in [0.2, 0.25) is 0 Å². The molecule has 48 heavy (non-hydrogen) atoms. The molecule has 0 fully saturated rings. The third-order valence-electron chi connectivity index (χ3n) is 9.24. The lowest BCUT2D eigenvalue weighted by Crippen LogP contribution is -2.11. The Kier molecular flexibility index (Phi) is 6.84. The van der Waals surface area contributed by atoms with Crippen LogP contribution >= 0.6 is 0 Å². The van der Waals surface area contributed by atoms with Crippen LogP contribution < -0.4 is 4.90 Å². The number of fused-ring (bicyclic) bond motifs is 4. The van der Waals surface area contributed by atoms with Crippen molar-refractivity contribution in [3.05, 3.63) is 188 Å². The highest BCUT2D eigenvalue weighted by molar-refractivity contribution is 6.09. The summed E-state index contributed by atoms with van der Waals surface area (Å²) in [5, 5.41) is 4.73. The lowest BCUT2D eigenvalue weighted by molar-refractivity contribution is 0.670. The summed E-state index contributed by atoms with van der Waals surface area (Å²) >= 11 is 0. The Balaban J connectivity index is 1.26. The molecule has 2 nitrogen and oxygen atoms in total. The zero-order valence-corrected chi connectivity index (χ0v) is 26.3. The predicted octanol–water partition coefficient (Wildman–Crippen LogP) is 13.2. The molecule has 0 radical (unpaired) electrons. The Bertz CT molecular complexity index is 2560. The number of anilines is 3. The van der Waals surface area contributed by atoms with Crippen molar-refractivity contribution in [3.8, 4) is 33.4 Å². The predicted molar refractivity (Wildman–Crippen MR) is 202 cm³/mol. The minimum atomic E-state index is 0.903. The first-order valence-corrected chi connectivity index (χ1v) is 16.3. The van der Waals surface area contributed by atoms with E-state index < -0.39 is 0 Å². The summed E-state index contributed by atoms with van der Waals surface area (Å²) in [6, 6.07) is 67.0. The fourth-order valence-electron chi connectivity index (χ4n) is 6.92. The molecular weight excluding hydrogens is 583 g/mol. The van der Waals surface area contributed by atoms with Crippen LogP contribution in [0.5, 0.6) is 0 Å². The Morgan fingerprint density at radius 1 is 0.354 bits per heavy atom. The lowest BCUT2D eigenvalue weighted by Gasteiger charge is -2.29. The van der Waals surface area contributed by atoms with Gasteiger partial charge in [-0.25, -0.2) is 0 Å². The van der Waals surface area contributed by atoms with Crippen molar-refractivity contribution in [2.75, 3.05) is 4.90 Å². The van der Waals surface area contributed by atoms with Gasteiger partial charge in [0.15, 0.2) is 0 Å². The van der Waals surface area contributed by atoms with Crippen molar-refractivity contribution in [2.45, 2.75) is 0 Å². The highest BCUT2D eigenvalue weighted by atomic mass is 16.3. The summed E-state index contributed by atoms with van der Waals surface area (Å²) in [6.07, 6.45) is 0. The largest absolute Gasteiger partial charge is 0.455 e. The maximum atomic E-state index is 6.47. The van der Waals surface area contributed by atoms with Gasteiger partial charge in [-0.3, -0.25) is 0 Å². The fourth-order valence-corrected chi connectivity index (χ4v) is 6.92. The van der Waals surface area contributed by atoms with Crippen LogP contribution in [0.3, 0.4) is 0 Å². The van der Waals surface area contributed by atoms with Gasteiger partial charge in [0.05, 0.1) is 5.69 Å². The number of hydrogen-bond acceptors (Lipinski definition) is 2. The smallest absolute Gasteiger partial charge is 0.143 e. The van der Waals surface area contributed by atoms with Crippen molar-refractivity contribution < 1.29 is 4.42 Å². The molecule has 9 aromatic rings. The molecule has 0 aliphatic carbocycles. The third kappa shape index (κ3) is 4.92. The van der Waals surface area contributed by atoms with Gasteiger partial charge in [0.25, 0.3) is 0 Å². The van der Waals surface area contributed by atoms with E-state index in [0.29, 0.717) is 0 Å². The standard InChI is InChI=1S/C46H31NO/c1-3-14-33(15-4-1)40-28-27-36(35-26-25-32-13-7-8-16-34(32)29-35)31-44(40)47(38-18-5-2-6-19-38)39-20-11-17-37(30-39)41-22-12-23-43-42-21-9-10-24-45(42)48-46(41)43/h1-31H. The summed E-state index contributed by atoms with van der Waals surface area (Å²) in [6.45, 7) is 0. The summed E-state index contributed by atoms with van der Waals surface area (Å²) in [5.41, 5.74) is 11.9. The van der Waals surface area contributed by atoms with Crippen LogP contribution in [0.1, 0.15) is 0 Å². The second-order valence-corrected chi connectivity index (χ2v) is 12.2. The van der Waals surface area contributed by atoms with E-state index in [1.807, 2.05) is 12.1 Å². The summed E-state index contributed by atoms with van der Waals surface area (Å²) in [5.74, 6) is 0. The first-order valence-electron chi connectivity index (χ1n) is 16.3. The number of hydrogen-bond donors (Lipinski definition) is 0. The molecule has 1 heterocycles. The molecule has 0 amide bonds. The molecule has 0 saturated heterocycles. The monoisotopic (exact) mass is 613 g/mol. The Hall–Kier alpha value is -6.38. The molecule has 0 atom stereocenters. The van der Waals surface area contributed by atoms with E-state index in [4.69, 9.17) is 4.42 Å². The molecular formula is C46H31NO. The SMILES string of the molecule is c1ccc(-c2ccc(-c3ccc4ccccc4c3)cc2N(c2ccccc2)c2cccc(-c3cccc4c3oc3ccccc34)c2)cc1. The Morgan fingerprint density at radius 3 is 1.88 bits per heavy atom. The Labute approximate surface area is 279 Å². The molecule has 0 unspecified atom stereocenters. The second-order valence-electron chi connectivity index (χ2n) is 12.2. The number of rotatable bonds is 6. The third-order valence-corrected chi connectivity index (χ3v) is 9.24. The van der Waals surface area contributed by atoms with Crippen molar-refractivity contribution in [3.63, 3.8) is 0 Å². The lowest BCUT2D eigenvalue weighted by atomic mass is 9.95. The number of para-hydroxylation sites is 3. The first-order chi connectivity index (χ1) is 23.8. The van der Waals surface area contributed by atoms with Crippen LogP contribution in [0.2, 0.25) is 0 Å². The van der Waals surface area contributed by atoms with Crippen LogP contribution in [0.4, 0.5) is 17.1 Å². The molecule has 0 spiro atoms. The van der Waals surface area contributed by atoms with Crippen molar-refractivity contribution in [1.29, 1.82) is 0 Å². The molecule has 9 rings (SSSR count). The summed E-state index contributed by atoms with van der Waals surface area (Å²) in [7, 11) is 0. The molecule has 226 valence electrons. The fraction of sp³-hybridized carbons (Fsp3) is 0. The quantitative estimate of drug-likeness (QED) is 0.185. The molecule has 0 saturated carbocycles. The van der Waals surface area contributed by atoms with Crippen molar-refractivity contribution in [2.24, 2.45) is 0 Å². The minimum absolute atomic E-state index is 0.903. The average Bonchev–Trinajstić information content (AvgIpc) is 3.55. The molecule has 8 aromatic carbocycles. The normalized spacial score (nSPS) is 11.3. The highest BCUT2D eigenvalue weighted by Crippen LogP contribution is 2.44. The summed E-state index contributed by atoms with van der Waals surface area (Å²) < 4.78 is 6.47. The molecule has 2 heteroatoms. The van der Waals surface area contributed by atoms with E-state index in [0.717, 1.165) is 55.7 Å². The van der Waals surface area contributed by atoms with Gasteiger partial charge in [0.1, 0.15) is 11.2 Å². The van der Waals surface area contributed by atoms with Gasteiger partial charge in [-0.2, -0.15) is 0 Å². The minimum Gasteiger partial charge on any atom is -0.455 e. The van der Waals surface area contributed by atoms with Crippen LogP contribution in [-0.2, 0) is 0 Å². The van der Waals surface area contributed by atoms with Crippen molar-refractivity contribution >= 4 is 49.8 Å². The zero-order chi connectivity index (χ0) is 31.9. The first kappa shape index (κ1) is 27.9. The maximum Gasteiger partial charge on any atom is 0.143 e. The van der Waals surface area contributed by atoms with Gasteiger partial charge in [0, 0.05) is 33.3 Å². The van der Waals surface area contributed by atoms with E-state index in [-0.39, 0.29) is 0 Å². The molecule has 0 aliphatic heterocycles. The van der Waals surface area contributed by atoms with E-state index in [9.17, 15) is 0 Å². The summed E-state index contributed by atoms with van der Waals surface area (Å²) in [4.78, 5) is 2.38. The molecule has 0 aliphatic rings. The number of nitrogens with zero attached hydrogens (tertiary/aromatic N) is 1. The number of furan rings is 1. The zero-order valence-electron chi connectivity index (χ0n) is 26.3. The molecule has 0 N–H and O–H groups in total. The highest BCUT2D eigenvalue weighted by Gasteiger charge is 2.20. The van der Waals surface area contributed by atoms with Gasteiger partial charge in [-0.1, -0.05) is 146 Å². The maximum absolute atomic E-state index is 6.47. The van der Waals surface area contributed by atoms with E-state index >= 15 is 0 Å². The van der Waals surface area contributed by atoms with Gasteiger partial charge < -0.3 is 9.32 Å². The van der Waals surface area contributed by atoms with Crippen LogP contribution in [0, 0.1) is 0 Å². The topological polar surface area (TPSA) is 16.4 Å². The second kappa shape index (κ2) is 11.8. The van der Waals surface area contributed by atoms with Crippen molar-refractivity contribution in [1.82, 2.24) is 0 Å². The molecule has 1 aromatic heterocycles. The van der Waals surface area contributed by atoms with Crippen LogP contribution in [0.25, 0.3) is 66.1 Å². The van der Waals surface area contributed by atoms with E-state index in [1.165, 1.54) is 27.5 Å². The van der Waals surface area contributed by atoms with E-state index in [2.05, 4.69) is 181 Å². The van der Waals surface area contributed by atoms with Gasteiger partial charge >= 0.3 is 0 Å². The van der Waals surface area contributed by atoms with E-state index in [1.54, 1.807) is 0 Å². The van der Waals surface area contributed by atoms with Gasteiger partial charge in [-0.15, -0.1) is 0 Å².